The highest BCUT2D eigenvalue weighted by Gasteiger charge is 2.42. The normalized spacial score (nSPS) is 24.6. The SMILES string of the molecule is C[C@@H]1CCN(C(=O)N2[C@H](C#N)CC[C@@H]2C#N)C[C@@H]1n1[nH]c(NC(=O)C(=O)NCC2CC2)c2cnc3nccc3c21. The Morgan fingerprint density at radius 3 is 2.50 bits per heavy atom. The van der Waals surface area contributed by atoms with Gasteiger partial charge in [0, 0.05) is 37.4 Å². The van der Waals surface area contributed by atoms with Crippen molar-refractivity contribution >= 4 is 45.6 Å². The molecule has 1 aliphatic carbocycles. The molecular formula is C27H30N10O3. The quantitative estimate of drug-likeness (QED) is 0.424. The lowest BCUT2D eigenvalue weighted by atomic mass is 9.93. The molecule has 6 rings (SSSR count). The molecule has 13 heteroatoms. The summed E-state index contributed by atoms with van der Waals surface area (Å²) in [5.74, 6) is -0.550. The van der Waals surface area contributed by atoms with E-state index in [2.05, 4.69) is 44.8 Å². The van der Waals surface area contributed by atoms with E-state index in [4.69, 9.17) is 0 Å². The molecule has 2 aliphatic heterocycles. The summed E-state index contributed by atoms with van der Waals surface area (Å²) in [5, 5.41) is 29.3. The first kappa shape index (κ1) is 25.6. The number of aromatic amines is 1. The fourth-order valence-electron chi connectivity index (χ4n) is 5.83. The molecule has 0 bridgehead atoms. The van der Waals surface area contributed by atoms with Crippen LogP contribution in [0.3, 0.4) is 0 Å². The van der Waals surface area contributed by atoms with Crippen molar-refractivity contribution in [3.63, 3.8) is 0 Å². The number of rotatable bonds is 4. The fraction of sp³-hybridized carbons (Fsp3) is 0.519. The Labute approximate surface area is 230 Å². The van der Waals surface area contributed by atoms with Crippen LogP contribution in [0.1, 0.15) is 45.1 Å². The number of carbonyl (C=O) groups is 3. The zero-order chi connectivity index (χ0) is 28.0. The molecule has 5 heterocycles. The Bertz CT molecular complexity index is 1550. The second kappa shape index (κ2) is 10.2. The third kappa shape index (κ3) is 4.47. The van der Waals surface area contributed by atoms with E-state index < -0.39 is 23.9 Å². The maximum atomic E-state index is 13.6. The van der Waals surface area contributed by atoms with Crippen LogP contribution in [0.25, 0.3) is 21.9 Å². The van der Waals surface area contributed by atoms with Crippen LogP contribution >= 0.6 is 0 Å². The lowest BCUT2D eigenvalue weighted by Gasteiger charge is -2.40. The molecule has 4 atom stereocenters. The molecular weight excluding hydrogens is 512 g/mol. The van der Waals surface area contributed by atoms with Crippen molar-refractivity contribution in [1.82, 2.24) is 34.9 Å². The molecule has 3 aromatic rings. The van der Waals surface area contributed by atoms with Crippen molar-refractivity contribution < 1.29 is 14.4 Å². The number of hydrogen-bond acceptors (Lipinski definition) is 7. The van der Waals surface area contributed by atoms with Gasteiger partial charge in [0.15, 0.2) is 5.65 Å². The van der Waals surface area contributed by atoms with E-state index >= 15 is 0 Å². The summed E-state index contributed by atoms with van der Waals surface area (Å²) in [6, 6.07) is 4.40. The van der Waals surface area contributed by atoms with Gasteiger partial charge in [0.1, 0.15) is 17.9 Å². The van der Waals surface area contributed by atoms with Gasteiger partial charge < -0.3 is 15.5 Å². The molecule has 0 radical (unpaired) electrons. The van der Waals surface area contributed by atoms with Gasteiger partial charge in [0.05, 0.1) is 29.1 Å². The Hall–Kier alpha value is -4.65. The van der Waals surface area contributed by atoms with E-state index in [-0.39, 0.29) is 18.0 Å². The highest BCUT2D eigenvalue weighted by Crippen LogP contribution is 2.37. The van der Waals surface area contributed by atoms with Crippen LogP contribution in [0.5, 0.6) is 0 Å². The summed E-state index contributed by atoms with van der Waals surface area (Å²) in [6.07, 6.45) is 7.06. The molecule has 206 valence electrons. The van der Waals surface area contributed by atoms with Crippen LogP contribution in [-0.2, 0) is 9.59 Å². The number of piperidine rings is 1. The first-order valence-corrected chi connectivity index (χ1v) is 13.7. The molecule has 3 aliphatic rings. The molecule has 3 aromatic heterocycles. The number of anilines is 1. The number of H-pyrrole nitrogens is 1. The average molecular weight is 543 g/mol. The number of hydrogen-bond donors (Lipinski definition) is 3. The van der Waals surface area contributed by atoms with E-state index in [9.17, 15) is 24.9 Å². The molecule has 3 fully saturated rings. The van der Waals surface area contributed by atoms with E-state index in [0.717, 1.165) is 23.7 Å². The second-order valence-corrected chi connectivity index (χ2v) is 11.0. The van der Waals surface area contributed by atoms with Crippen molar-refractivity contribution in [2.45, 2.75) is 57.2 Å². The van der Waals surface area contributed by atoms with E-state index in [1.165, 1.54) is 4.90 Å². The topological polar surface area (TPSA) is 176 Å². The summed E-state index contributed by atoms with van der Waals surface area (Å²) in [4.78, 5) is 50.7. The highest BCUT2D eigenvalue weighted by molar-refractivity contribution is 6.40. The number of nitrogens with zero attached hydrogens (tertiary/aromatic N) is 7. The van der Waals surface area contributed by atoms with Gasteiger partial charge in [-0.05, 0) is 50.0 Å². The first-order valence-electron chi connectivity index (χ1n) is 13.7. The van der Waals surface area contributed by atoms with Crippen LogP contribution in [0.15, 0.2) is 18.5 Å². The number of fused-ring (bicyclic) bond motifs is 3. The Morgan fingerprint density at radius 1 is 1.05 bits per heavy atom. The predicted octanol–water partition coefficient (Wildman–Crippen LogP) is 2.26. The maximum absolute atomic E-state index is 13.6. The van der Waals surface area contributed by atoms with E-state index in [0.29, 0.717) is 61.7 Å². The molecule has 2 saturated heterocycles. The molecule has 40 heavy (non-hydrogen) atoms. The van der Waals surface area contributed by atoms with Crippen molar-refractivity contribution in [3.05, 3.63) is 18.5 Å². The third-order valence-corrected chi connectivity index (χ3v) is 8.37. The van der Waals surface area contributed by atoms with Gasteiger partial charge in [-0.25, -0.2) is 14.8 Å². The molecule has 3 N–H and O–H groups in total. The van der Waals surface area contributed by atoms with Gasteiger partial charge in [0.25, 0.3) is 0 Å². The number of urea groups is 1. The Balaban J connectivity index is 1.32. The maximum Gasteiger partial charge on any atom is 0.322 e. The average Bonchev–Trinajstić information content (AvgIpc) is 3.34. The molecule has 0 aromatic carbocycles. The van der Waals surface area contributed by atoms with E-state index in [1.807, 2.05) is 10.7 Å². The minimum atomic E-state index is -0.774. The van der Waals surface area contributed by atoms with Crippen LogP contribution in [0.2, 0.25) is 0 Å². The zero-order valence-electron chi connectivity index (χ0n) is 22.1. The minimum absolute atomic E-state index is 0.143. The van der Waals surface area contributed by atoms with Gasteiger partial charge >= 0.3 is 17.8 Å². The van der Waals surface area contributed by atoms with E-state index in [1.54, 1.807) is 17.3 Å². The molecule has 1 saturated carbocycles. The standard InChI is InChI=1S/C27H30N10O3/c1-15-7-9-35(27(40)36-17(10-28)4-5-18(36)11-29)14-21(15)37-22-19-6-8-30-23(19)31-13-20(22)24(34-37)33-26(39)25(38)32-12-16-2-3-16/h6,8,13,15-18,21,34H,2-5,7,9,12,14H2,1H3,(H,32,38)(H,33,39)/t15-,17-,18+,21+/m1/s1. The number of nitriles is 2. The number of amides is 4. The number of aromatic nitrogens is 4. The highest BCUT2D eigenvalue weighted by atomic mass is 16.2. The van der Waals surface area contributed by atoms with Crippen LogP contribution < -0.4 is 10.6 Å². The van der Waals surface area contributed by atoms with Crippen molar-refractivity contribution in [2.75, 3.05) is 25.0 Å². The molecule has 13 nitrogen and oxygen atoms in total. The minimum Gasteiger partial charge on any atom is -0.348 e. The number of carbonyl (C=O) groups excluding carboxylic acids is 3. The number of nitrogens with one attached hydrogen (secondary N) is 3. The van der Waals surface area contributed by atoms with Gasteiger partial charge in [-0.3, -0.25) is 24.3 Å². The Morgan fingerprint density at radius 2 is 1.80 bits per heavy atom. The molecule has 0 unspecified atom stereocenters. The van der Waals surface area contributed by atoms with Crippen molar-refractivity contribution in [3.8, 4) is 12.1 Å². The summed E-state index contributed by atoms with van der Waals surface area (Å²) < 4.78 is 1.93. The van der Waals surface area contributed by atoms with Crippen molar-refractivity contribution in [2.24, 2.45) is 11.8 Å². The lowest BCUT2D eigenvalue weighted by Crippen LogP contribution is -2.52. The number of likely N-dealkylation sites (tertiary alicyclic amines) is 2. The van der Waals surface area contributed by atoms with Crippen LogP contribution in [0.4, 0.5) is 10.6 Å². The number of pyridine rings is 1. The zero-order valence-corrected chi connectivity index (χ0v) is 22.1. The largest absolute Gasteiger partial charge is 0.348 e. The van der Waals surface area contributed by atoms with Crippen molar-refractivity contribution in [1.29, 1.82) is 10.5 Å². The first-order chi connectivity index (χ1) is 19.4. The van der Waals surface area contributed by atoms with Gasteiger partial charge in [-0.2, -0.15) is 10.5 Å². The summed E-state index contributed by atoms with van der Waals surface area (Å²) in [5.41, 5.74) is 1.30. The third-order valence-electron chi connectivity index (χ3n) is 8.37. The monoisotopic (exact) mass is 542 g/mol. The van der Waals surface area contributed by atoms with Crippen LogP contribution in [0, 0.1) is 34.5 Å². The van der Waals surface area contributed by atoms with Gasteiger partial charge in [-0.1, -0.05) is 6.92 Å². The van der Waals surface area contributed by atoms with Gasteiger partial charge in [0.2, 0.25) is 0 Å². The molecule has 0 spiro atoms. The van der Waals surface area contributed by atoms with Crippen LogP contribution in [-0.4, -0.2) is 79.1 Å². The second-order valence-electron chi connectivity index (χ2n) is 11.0. The summed E-state index contributed by atoms with van der Waals surface area (Å²) in [6.45, 7) is 3.42. The fourth-order valence-corrected chi connectivity index (χ4v) is 5.83. The van der Waals surface area contributed by atoms with Gasteiger partial charge in [-0.15, -0.1) is 0 Å². The summed E-state index contributed by atoms with van der Waals surface area (Å²) in [7, 11) is 0. The Kier molecular flexibility index (Phi) is 6.50. The summed E-state index contributed by atoms with van der Waals surface area (Å²) >= 11 is 0. The predicted molar refractivity (Wildman–Crippen MR) is 143 cm³/mol. The lowest BCUT2D eigenvalue weighted by molar-refractivity contribution is -0.136. The smallest absolute Gasteiger partial charge is 0.322 e. The molecule has 4 amide bonds.